The number of benzene rings is 1. The Bertz CT molecular complexity index is 732. The maximum absolute atomic E-state index is 12.9. The first kappa shape index (κ1) is 18.3. The zero-order chi connectivity index (χ0) is 18.1. The highest BCUT2D eigenvalue weighted by Crippen LogP contribution is 2.42. The lowest BCUT2D eigenvalue weighted by Gasteiger charge is -2.24. The van der Waals surface area contributed by atoms with Crippen molar-refractivity contribution in [1.29, 1.82) is 0 Å². The van der Waals surface area contributed by atoms with Crippen LogP contribution in [0.3, 0.4) is 0 Å². The molecule has 1 aromatic rings. The molecule has 8 heteroatoms. The first-order chi connectivity index (χ1) is 11.9. The minimum Gasteiger partial charge on any atom is -0.469 e. The molecule has 2 atom stereocenters. The van der Waals surface area contributed by atoms with Crippen molar-refractivity contribution in [3.63, 3.8) is 0 Å². The number of carbonyl (C=O) groups is 1. The molecule has 138 valence electrons. The zero-order valence-corrected chi connectivity index (χ0v) is 15.0. The highest BCUT2D eigenvalue weighted by atomic mass is 32.2. The zero-order valence-electron chi connectivity index (χ0n) is 14.2. The molecule has 0 aromatic heterocycles. The van der Waals surface area contributed by atoms with Crippen molar-refractivity contribution in [1.82, 2.24) is 4.31 Å². The van der Waals surface area contributed by atoms with E-state index in [0.717, 1.165) is 5.56 Å². The van der Waals surface area contributed by atoms with E-state index < -0.39 is 15.4 Å². The van der Waals surface area contributed by atoms with E-state index in [1.54, 1.807) is 24.3 Å². The number of aliphatic hydroxyl groups excluding tert-OH is 1. The number of carbonyl (C=O) groups excluding carboxylic acids is 1. The standard InChI is InChI=1S/C17H23NO6S/c1-23-16(20)7-4-13-2-5-15(6-3-13)25(21,22)18-8-14-9-24-12-17(14,10-18)11-19/h2-3,5-6,14,19H,4,7-12H2,1H3/t14-,17-/m0/s1. The predicted molar refractivity (Wildman–Crippen MR) is 89.4 cm³/mol. The van der Waals surface area contributed by atoms with Gasteiger partial charge in [0.15, 0.2) is 0 Å². The minimum atomic E-state index is -3.61. The summed E-state index contributed by atoms with van der Waals surface area (Å²) in [5.41, 5.74) is 0.399. The Kier molecular flexibility index (Phi) is 5.15. The molecule has 0 spiro atoms. The summed E-state index contributed by atoms with van der Waals surface area (Å²) < 4.78 is 37.2. The first-order valence-electron chi connectivity index (χ1n) is 8.26. The Morgan fingerprint density at radius 2 is 2.12 bits per heavy atom. The molecule has 2 saturated heterocycles. The van der Waals surface area contributed by atoms with E-state index in [1.165, 1.54) is 11.4 Å². The second-order valence-corrected chi connectivity index (χ2v) is 8.69. The number of hydrogen-bond donors (Lipinski definition) is 1. The van der Waals surface area contributed by atoms with Gasteiger partial charge < -0.3 is 14.6 Å². The second kappa shape index (κ2) is 7.03. The maximum Gasteiger partial charge on any atom is 0.305 e. The van der Waals surface area contributed by atoms with Crippen LogP contribution in [0.2, 0.25) is 0 Å². The summed E-state index contributed by atoms with van der Waals surface area (Å²) in [4.78, 5) is 11.4. The van der Waals surface area contributed by atoms with Crippen molar-refractivity contribution >= 4 is 16.0 Å². The average molecular weight is 369 g/mol. The molecule has 0 saturated carbocycles. The number of ether oxygens (including phenoxy) is 2. The number of esters is 1. The number of nitrogens with zero attached hydrogens (tertiary/aromatic N) is 1. The SMILES string of the molecule is COC(=O)CCc1ccc(S(=O)(=O)N2C[C@H]3COC[C@@]3(CO)C2)cc1. The summed E-state index contributed by atoms with van der Waals surface area (Å²) in [7, 11) is -2.27. The molecule has 0 amide bonds. The summed E-state index contributed by atoms with van der Waals surface area (Å²) in [6.07, 6.45) is 0.763. The van der Waals surface area contributed by atoms with Crippen molar-refractivity contribution in [2.24, 2.45) is 11.3 Å². The van der Waals surface area contributed by atoms with Gasteiger partial charge in [-0.25, -0.2) is 8.42 Å². The highest BCUT2D eigenvalue weighted by molar-refractivity contribution is 7.89. The summed E-state index contributed by atoms with van der Waals surface area (Å²) in [5, 5.41) is 9.70. The third kappa shape index (κ3) is 3.44. The molecular formula is C17H23NO6S. The number of rotatable bonds is 6. The largest absolute Gasteiger partial charge is 0.469 e. The third-order valence-corrected chi connectivity index (χ3v) is 7.04. The average Bonchev–Trinajstić information content (AvgIpc) is 3.18. The van der Waals surface area contributed by atoms with Crippen LogP contribution in [0.4, 0.5) is 0 Å². The van der Waals surface area contributed by atoms with Gasteiger partial charge in [-0.2, -0.15) is 4.31 Å². The third-order valence-electron chi connectivity index (χ3n) is 5.21. The molecule has 0 radical (unpaired) electrons. The Labute approximate surface area is 147 Å². The van der Waals surface area contributed by atoms with Crippen molar-refractivity contribution in [2.45, 2.75) is 17.7 Å². The number of aryl methyl sites for hydroxylation is 1. The number of sulfonamides is 1. The van der Waals surface area contributed by atoms with Crippen LogP contribution in [0.5, 0.6) is 0 Å². The van der Waals surface area contributed by atoms with E-state index in [0.29, 0.717) is 26.2 Å². The fourth-order valence-electron chi connectivity index (χ4n) is 3.52. The lowest BCUT2D eigenvalue weighted by Crippen LogP contribution is -2.36. The first-order valence-corrected chi connectivity index (χ1v) is 9.70. The van der Waals surface area contributed by atoms with Gasteiger partial charge in [0.05, 0.1) is 31.8 Å². The quantitative estimate of drug-likeness (QED) is 0.731. The number of fused-ring (bicyclic) bond motifs is 1. The van der Waals surface area contributed by atoms with Crippen LogP contribution in [0.15, 0.2) is 29.2 Å². The van der Waals surface area contributed by atoms with Crippen LogP contribution < -0.4 is 0 Å². The van der Waals surface area contributed by atoms with Gasteiger partial charge in [0, 0.05) is 30.8 Å². The van der Waals surface area contributed by atoms with Gasteiger partial charge in [-0.1, -0.05) is 12.1 Å². The molecular weight excluding hydrogens is 346 g/mol. The van der Waals surface area contributed by atoms with E-state index >= 15 is 0 Å². The molecule has 0 unspecified atom stereocenters. The topological polar surface area (TPSA) is 93.1 Å². The monoisotopic (exact) mass is 369 g/mol. The number of methoxy groups -OCH3 is 1. The molecule has 1 N–H and O–H groups in total. The van der Waals surface area contributed by atoms with Gasteiger partial charge in [-0.15, -0.1) is 0 Å². The van der Waals surface area contributed by atoms with Crippen molar-refractivity contribution in [2.75, 3.05) is 40.0 Å². The van der Waals surface area contributed by atoms with E-state index in [1.807, 2.05) is 0 Å². The molecule has 1 aromatic carbocycles. The van der Waals surface area contributed by atoms with Gasteiger partial charge in [0.2, 0.25) is 10.0 Å². The Balaban J connectivity index is 1.72. The maximum atomic E-state index is 12.9. The van der Waals surface area contributed by atoms with Crippen LogP contribution in [0.25, 0.3) is 0 Å². The molecule has 7 nitrogen and oxygen atoms in total. The summed E-state index contributed by atoms with van der Waals surface area (Å²) in [6, 6.07) is 6.58. The van der Waals surface area contributed by atoms with Gasteiger partial charge >= 0.3 is 5.97 Å². The lowest BCUT2D eigenvalue weighted by atomic mass is 9.82. The number of aliphatic hydroxyl groups is 1. The van der Waals surface area contributed by atoms with Crippen LogP contribution in [0.1, 0.15) is 12.0 Å². The van der Waals surface area contributed by atoms with Crippen molar-refractivity contribution < 1.29 is 27.8 Å². The van der Waals surface area contributed by atoms with Gasteiger partial charge in [0.1, 0.15) is 0 Å². The van der Waals surface area contributed by atoms with Gasteiger partial charge in [-0.3, -0.25) is 4.79 Å². The van der Waals surface area contributed by atoms with E-state index in [4.69, 9.17) is 4.74 Å². The molecule has 25 heavy (non-hydrogen) atoms. The lowest BCUT2D eigenvalue weighted by molar-refractivity contribution is -0.140. The van der Waals surface area contributed by atoms with Crippen LogP contribution in [-0.2, 0) is 30.7 Å². The molecule has 3 rings (SSSR count). The fraction of sp³-hybridized carbons (Fsp3) is 0.588. The second-order valence-electron chi connectivity index (χ2n) is 6.75. The van der Waals surface area contributed by atoms with Crippen molar-refractivity contribution in [3.05, 3.63) is 29.8 Å². The molecule has 0 aliphatic carbocycles. The molecule has 2 heterocycles. The summed E-state index contributed by atoms with van der Waals surface area (Å²) >= 11 is 0. The molecule has 2 aliphatic rings. The summed E-state index contributed by atoms with van der Waals surface area (Å²) in [5.74, 6) is -0.261. The van der Waals surface area contributed by atoms with E-state index in [9.17, 15) is 18.3 Å². The molecule has 0 bridgehead atoms. The fourth-order valence-corrected chi connectivity index (χ4v) is 5.10. The summed E-state index contributed by atoms with van der Waals surface area (Å²) in [6.45, 7) is 1.45. The highest BCUT2D eigenvalue weighted by Gasteiger charge is 2.53. The Morgan fingerprint density at radius 1 is 1.40 bits per heavy atom. The normalized spacial score (nSPS) is 26.6. The smallest absolute Gasteiger partial charge is 0.305 e. The van der Waals surface area contributed by atoms with Crippen LogP contribution >= 0.6 is 0 Å². The Morgan fingerprint density at radius 3 is 2.72 bits per heavy atom. The van der Waals surface area contributed by atoms with Crippen molar-refractivity contribution in [3.8, 4) is 0 Å². The van der Waals surface area contributed by atoms with E-state index in [-0.39, 0.29) is 36.4 Å². The van der Waals surface area contributed by atoms with Gasteiger partial charge in [-0.05, 0) is 24.1 Å². The van der Waals surface area contributed by atoms with E-state index in [2.05, 4.69) is 4.74 Å². The Hall–Kier alpha value is -1.48. The van der Waals surface area contributed by atoms with Crippen LogP contribution in [0, 0.1) is 11.3 Å². The number of hydrogen-bond acceptors (Lipinski definition) is 6. The molecule has 2 fully saturated rings. The predicted octanol–water partition coefficient (Wildman–Crippen LogP) is 0.422. The minimum absolute atomic E-state index is 0.0339. The van der Waals surface area contributed by atoms with Crippen LogP contribution in [-0.4, -0.2) is 63.8 Å². The van der Waals surface area contributed by atoms with Gasteiger partial charge in [0.25, 0.3) is 0 Å². The molecule has 2 aliphatic heterocycles.